The van der Waals surface area contributed by atoms with E-state index in [-0.39, 0.29) is 11.3 Å². The summed E-state index contributed by atoms with van der Waals surface area (Å²) in [4.78, 5) is 11.3. The van der Waals surface area contributed by atoms with E-state index in [0.29, 0.717) is 6.54 Å². The lowest BCUT2D eigenvalue weighted by Crippen LogP contribution is -2.20. The first-order valence-electron chi connectivity index (χ1n) is 4.05. The zero-order valence-corrected chi connectivity index (χ0v) is 7.37. The summed E-state index contributed by atoms with van der Waals surface area (Å²) in [5.74, 6) is 0.0462. The quantitative estimate of drug-likeness (QED) is 0.720. The summed E-state index contributed by atoms with van der Waals surface area (Å²) in [6.07, 6.45) is 0.922. The molecule has 1 aromatic rings. The number of pyridine rings is 1. The van der Waals surface area contributed by atoms with E-state index < -0.39 is 0 Å². The fourth-order valence-electron chi connectivity index (χ4n) is 1.22. The van der Waals surface area contributed by atoms with E-state index >= 15 is 0 Å². The van der Waals surface area contributed by atoms with Crippen LogP contribution in [0.4, 0.5) is 0 Å². The Morgan fingerprint density at radius 1 is 1.50 bits per heavy atom. The van der Waals surface area contributed by atoms with Gasteiger partial charge in [0.25, 0.3) is 5.56 Å². The molecule has 0 atom stereocenters. The number of aryl methyl sites for hydroxylation is 1. The summed E-state index contributed by atoms with van der Waals surface area (Å²) in [5, 5.41) is 9.07. The van der Waals surface area contributed by atoms with E-state index in [9.17, 15) is 4.79 Å². The summed E-state index contributed by atoms with van der Waals surface area (Å²) in [6.45, 7) is 4.54. The first-order chi connectivity index (χ1) is 5.65. The van der Waals surface area contributed by atoms with Crippen LogP contribution in [0.15, 0.2) is 16.9 Å². The Morgan fingerprint density at radius 3 is 2.67 bits per heavy atom. The molecule has 0 unspecified atom stereocenters. The molecule has 3 nitrogen and oxygen atoms in total. The minimum Gasteiger partial charge on any atom is -0.508 e. The molecule has 0 spiro atoms. The Morgan fingerprint density at radius 2 is 2.17 bits per heavy atom. The lowest BCUT2D eigenvalue weighted by atomic mass is 10.3. The maximum atomic E-state index is 11.3. The van der Waals surface area contributed by atoms with E-state index in [1.165, 1.54) is 6.07 Å². The molecule has 0 amide bonds. The van der Waals surface area contributed by atoms with Gasteiger partial charge in [0.05, 0.1) is 0 Å². The molecule has 1 aromatic heterocycles. The van der Waals surface area contributed by atoms with Crippen LogP contribution in [0.1, 0.15) is 19.0 Å². The van der Waals surface area contributed by atoms with Gasteiger partial charge in [0.15, 0.2) is 0 Å². The highest BCUT2D eigenvalue weighted by Gasteiger charge is 2.00. The second-order valence-corrected chi connectivity index (χ2v) is 2.84. The molecule has 3 heteroatoms. The molecule has 1 heterocycles. The molecule has 0 radical (unpaired) electrons. The molecule has 1 N–H and O–H groups in total. The Balaban J connectivity index is 3.19. The third kappa shape index (κ3) is 1.67. The highest BCUT2D eigenvalue weighted by atomic mass is 16.3. The monoisotopic (exact) mass is 167 g/mol. The number of hydrogen-bond acceptors (Lipinski definition) is 2. The normalized spacial score (nSPS) is 10.2. The van der Waals surface area contributed by atoms with Crippen LogP contribution in [0.2, 0.25) is 0 Å². The first-order valence-corrected chi connectivity index (χ1v) is 4.05. The van der Waals surface area contributed by atoms with Crippen molar-refractivity contribution in [1.29, 1.82) is 0 Å². The summed E-state index contributed by atoms with van der Waals surface area (Å²) in [7, 11) is 0. The number of hydrogen-bond donors (Lipinski definition) is 1. The number of aromatic hydroxyl groups is 1. The van der Waals surface area contributed by atoms with E-state index in [0.717, 1.165) is 12.1 Å². The standard InChI is InChI=1S/C9H13NO2/c1-3-4-10-7(2)5-8(11)6-9(10)12/h5-6,11H,3-4H2,1-2H3. The van der Waals surface area contributed by atoms with Crippen molar-refractivity contribution in [2.45, 2.75) is 26.8 Å². The summed E-state index contributed by atoms with van der Waals surface area (Å²) in [6, 6.07) is 2.83. The van der Waals surface area contributed by atoms with Gasteiger partial charge in [0.2, 0.25) is 0 Å². The van der Waals surface area contributed by atoms with Gasteiger partial charge in [-0.1, -0.05) is 6.92 Å². The molecule has 12 heavy (non-hydrogen) atoms. The minimum atomic E-state index is -0.130. The number of rotatable bonds is 2. The molecular formula is C9H13NO2. The second kappa shape index (κ2) is 3.43. The van der Waals surface area contributed by atoms with E-state index in [4.69, 9.17) is 5.11 Å². The predicted octanol–water partition coefficient (Wildman–Crippen LogP) is 1.27. The zero-order valence-electron chi connectivity index (χ0n) is 7.37. The van der Waals surface area contributed by atoms with Gasteiger partial charge in [-0.2, -0.15) is 0 Å². The van der Waals surface area contributed by atoms with Gasteiger partial charge in [-0.25, -0.2) is 0 Å². The molecular weight excluding hydrogens is 154 g/mol. The van der Waals surface area contributed by atoms with Crippen LogP contribution in [0, 0.1) is 6.92 Å². The maximum Gasteiger partial charge on any atom is 0.254 e. The molecule has 0 bridgehead atoms. The average Bonchev–Trinajstić information content (AvgIpc) is 1.96. The summed E-state index contributed by atoms with van der Waals surface area (Å²) < 4.78 is 1.65. The minimum absolute atomic E-state index is 0.0462. The molecule has 0 aromatic carbocycles. The second-order valence-electron chi connectivity index (χ2n) is 2.84. The largest absolute Gasteiger partial charge is 0.508 e. The summed E-state index contributed by atoms with van der Waals surface area (Å²) >= 11 is 0. The molecule has 0 saturated carbocycles. The van der Waals surface area contributed by atoms with E-state index in [1.807, 2.05) is 13.8 Å². The lowest BCUT2D eigenvalue weighted by Gasteiger charge is -2.07. The van der Waals surface area contributed by atoms with Gasteiger partial charge in [-0.3, -0.25) is 4.79 Å². The van der Waals surface area contributed by atoms with Crippen molar-refractivity contribution in [3.63, 3.8) is 0 Å². The average molecular weight is 167 g/mol. The van der Waals surface area contributed by atoms with Crippen LogP contribution in [-0.4, -0.2) is 9.67 Å². The Kier molecular flexibility index (Phi) is 2.53. The van der Waals surface area contributed by atoms with Crippen LogP contribution in [0.25, 0.3) is 0 Å². The van der Waals surface area contributed by atoms with Gasteiger partial charge in [-0.05, 0) is 19.4 Å². The zero-order chi connectivity index (χ0) is 9.14. The summed E-state index contributed by atoms with van der Waals surface area (Å²) in [5.41, 5.74) is 0.677. The van der Waals surface area contributed by atoms with Crippen LogP contribution in [0.3, 0.4) is 0 Å². The van der Waals surface area contributed by atoms with Crippen molar-refractivity contribution in [2.24, 2.45) is 0 Å². The fourth-order valence-corrected chi connectivity index (χ4v) is 1.22. The van der Waals surface area contributed by atoms with Crippen LogP contribution >= 0.6 is 0 Å². The van der Waals surface area contributed by atoms with Crippen molar-refractivity contribution in [1.82, 2.24) is 4.57 Å². The third-order valence-electron chi connectivity index (χ3n) is 1.77. The van der Waals surface area contributed by atoms with Gasteiger partial charge < -0.3 is 9.67 Å². The van der Waals surface area contributed by atoms with Crippen molar-refractivity contribution >= 4 is 0 Å². The van der Waals surface area contributed by atoms with Gasteiger partial charge in [-0.15, -0.1) is 0 Å². The Labute approximate surface area is 71.3 Å². The van der Waals surface area contributed by atoms with Crippen molar-refractivity contribution in [3.05, 3.63) is 28.2 Å². The lowest BCUT2D eigenvalue weighted by molar-refractivity contribution is 0.468. The van der Waals surface area contributed by atoms with Crippen molar-refractivity contribution in [3.8, 4) is 5.75 Å². The van der Waals surface area contributed by atoms with E-state index in [1.54, 1.807) is 10.6 Å². The van der Waals surface area contributed by atoms with Crippen molar-refractivity contribution < 1.29 is 5.11 Å². The third-order valence-corrected chi connectivity index (χ3v) is 1.77. The molecule has 0 fully saturated rings. The number of nitrogens with zero attached hydrogens (tertiary/aromatic N) is 1. The first kappa shape index (κ1) is 8.84. The molecule has 66 valence electrons. The fraction of sp³-hybridized carbons (Fsp3) is 0.444. The Bertz CT molecular complexity index is 328. The molecule has 0 aliphatic carbocycles. The molecule has 0 aliphatic rings. The molecule has 0 aliphatic heterocycles. The van der Waals surface area contributed by atoms with Gasteiger partial charge >= 0.3 is 0 Å². The molecule has 1 rings (SSSR count). The number of aromatic nitrogens is 1. The predicted molar refractivity (Wildman–Crippen MR) is 47.4 cm³/mol. The topological polar surface area (TPSA) is 42.2 Å². The maximum absolute atomic E-state index is 11.3. The smallest absolute Gasteiger partial charge is 0.254 e. The van der Waals surface area contributed by atoms with Gasteiger partial charge in [0, 0.05) is 18.3 Å². The Hall–Kier alpha value is -1.25. The van der Waals surface area contributed by atoms with Crippen LogP contribution in [0.5, 0.6) is 5.75 Å². The van der Waals surface area contributed by atoms with E-state index in [2.05, 4.69) is 0 Å². The highest BCUT2D eigenvalue weighted by Crippen LogP contribution is 2.06. The van der Waals surface area contributed by atoms with Crippen LogP contribution < -0.4 is 5.56 Å². The highest BCUT2D eigenvalue weighted by molar-refractivity contribution is 5.21. The molecule has 0 saturated heterocycles. The van der Waals surface area contributed by atoms with Gasteiger partial charge in [0.1, 0.15) is 5.75 Å². The van der Waals surface area contributed by atoms with Crippen molar-refractivity contribution in [2.75, 3.05) is 0 Å². The van der Waals surface area contributed by atoms with Crippen LogP contribution in [-0.2, 0) is 6.54 Å². The SMILES string of the molecule is CCCn1c(C)cc(O)cc1=O.